The number of nitrogens with zero attached hydrogens (tertiary/aromatic N) is 1. The summed E-state index contributed by atoms with van der Waals surface area (Å²) in [5, 5.41) is 30.5. The fourth-order valence-electron chi connectivity index (χ4n) is 1.84. The lowest BCUT2D eigenvalue weighted by molar-refractivity contribution is -0.168. The Morgan fingerprint density at radius 1 is 1.56 bits per heavy atom. The Balaban J connectivity index is 2.08. The zero-order valence-corrected chi connectivity index (χ0v) is 8.48. The number of hydrogen-bond donors (Lipinski definition) is 4. The fraction of sp³-hybridized carbons (Fsp3) is 0.667. The van der Waals surface area contributed by atoms with Gasteiger partial charge in [0.2, 0.25) is 6.35 Å². The van der Waals surface area contributed by atoms with Gasteiger partial charge >= 0.3 is 0 Å². The maximum atomic E-state index is 11.5. The molecule has 4 N–H and O–H groups in total. The van der Waals surface area contributed by atoms with Crippen molar-refractivity contribution in [3.63, 3.8) is 0 Å². The zero-order valence-electron chi connectivity index (χ0n) is 8.48. The quantitative estimate of drug-likeness (QED) is 0.424. The van der Waals surface area contributed by atoms with E-state index < -0.39 is 30.7 Å². The Kier molecular flexibility index (Phi) is 3.10. The molecule has 0 aromatic heterocycles. The van der Waals surface area contributed by atoms with E-state index in [1.54, 1.807) is 0 Å². The van der Waals surface area contributed by atoms with Crippen LogP contribution in [0.3, 0.4) is 0 Å². The van der Waals surface area contributed by atoms with Gasteiger partial charge in [-0.15, -0.1) is 0 Å². The summed E-state index contributed by atoms with van der Waals surface area (Å²) in [6, 6.07) is 0. The van der Waals surface area contributed by atoms with E-state index in [2.05, 4.69) is 5.32 Å². The first-order valence-corrected chi connectivity index (χ1v) is 5.01. The molecule has 7 heteroatoms. The first kappa shape index (κ1) is 11.3. The molecule has 2 heterocycles. The van der Waals surface area contributed by atoms with Gasteiger partial charge < -0.3 is 25.4 Å². The molecule has 1 amide bonds. The predicted octanol–water partition coefficient (Wildman–Crippen LogP) is -2.32. The van der Waals surface area contributed by atoms with Gasteiger partial charge in [-0.2, -0.15) is 0 Å². The van der Waals surface area contributed by atoms with Crippen molar-refractivity contribution in [3.05, 3.63) is 12.3 Å². The summed E-state index contributed by atoms with van der Waals surface area (Å²) in [5.41, 5.74) is 0. The van der Waals surface area contributed by atoms with E-state index in [0.29, 0.717) is 0 Å². The van der Waals surface area contributed by atoms with Gasteiger partial charge in [0.05, 0.1) is 12.7 Å². The molecular weight excluding hydrogens is 216 g/mol. The first-order valence-electron chi connectivity index (χ1n) is 5.01. The maximum absolute atomic E-state index is 11.5. The number of carbonyl (C=O) groups is 1. The largest absolute Gasteiger partial charge is 0.394 e. The van der Waals surface area contributed by atoms with Crippen molar-refractivity contribution in [2.24, 2.45) is 0 Å². The SMILES string of the molecule is O=C1C=CNC(O)N1[C@H]1CC(O)[C@@H](CO)O1. The number of aliphatic hydroxyl groups excluding tert-OH is 3. The van der Waals surface area contributed by atoms with Crippen LogP contribution in [0.4, 0.5) is 0 Å². The number of ether oxygens (including phenoxy) is 1. The minimum absolute atomic E-state index is 0.170. The van der Waals surface area contributed by atoms with E-state index in [-0.39, 0.29) is 13.0 Å². The summed E-state index contributed by atoms with van der Waals surface area (Å²) in [7, 11) is 0. The van der Waals surface area contributed by atoms with Crippen molar-refractivity contribution < 1.29 is 24.9 Å². The van der Waals surface area contributed by atoms with Crippen LogP contribution in [0.5, 0.6) is 0 Å². The van der Waals surface area contributed by atoms with E-state index in [1.165, 1.54) is 12.3 Å². The zero-order chi connectivity index (χ0) is 11.7. The molecule has 0 radical (unpaired) electrons. The van der Waals surface area contributed by atoms with E-state index in [4.69, 9.17) is 9.84 Å². The summed E-state index contributed by atoms with van der Waals surface area (Å²) in [4.78, 5) is 12.6. The standard InChI is InChI=1S/C9H14N2O5/c12-4-6-5(13)3-8(16-6)11-7(14)1-2-10-9(11)15/h1-2,5-6,8-10,12-13,15H,3-4H2/t5?,6-,8-,9?/m1/s1. The topological polar surface area (TPSA) is 102 Å². The van der Waals surface area contributed by atoms with E-state index in [0.717, 1.165) is 4.90 Å². The van der Waals surface area contributed by atoms with Gasteiger partial charge in [-0.3, -0.25) is 9.69 Å². The third-order valence-electron chi connectivity index (χ3n) is 2.68. The number of aliphatic hydroxyl groups is 3. The number of carbonyl (C=O) groups excluding carboxylic acids is 1. The normalized spacial score (nSPS) is 38.9. The summed E-state index contributed by atoms with van der Waals surface area (Å²) in [6.45, 7) is -0.320. The van der Waals surface area contributed by atoms with Gasteiger partial charge in [0.1, 0.15) is 12.3 Å². The second-order valence-corrected chi connectivity index (χ2v) is 3.73. The first-order chi connectivity index (χ1) is 7.63. The molecule has 0 saturated carbocycles. The van der Waals surface area contributed by atoms with Gasteiger partial charge in [-0.05, 0) is 0 Å². The molecule has 1 saturated heterocycles. The monoisotopic (exact) mass is 230 g/mol. The highest BCUT2D eigenvalue weighted by molar-refractivity contribution is 5.88. The minimum Gasteiger partial charge on any atom is -0.394 e. The van der Waals surface area contributed by atoms with Gasteiger partial charge in [0.25, 0.3) is 5.91 Å². The van der Waals surface area contributed by atoms with E-state index in [1.807, 2.05) is 0 Å². The van der Waals surface area contributed by atoms with Crippen LogP contribution < -0.4 is 5.32 Å². The minimum atomic E-state index is -1.17. The Bertz CT molecular complexity index is 308. The average Bonchev–Trinajstić information content (AvgIpc) is 2.59. The molecule has 0 aliphatic carbocycles. The van der Waals surface area contributed by atoms with Crippen molar-refractivity contribution >= 4 is 5.91 Å². The highest BCUT2D eigenvalue weighted by Crippen LogP contribution is 2.24. The van der Waals surface area contributed by atoms with Crippen molar-refractivity contribution in [1.82, 2.24) is 10.2 Å². The van der Waals surface area contributed by atoms with E-state index in [9.17, 15) is 15.0 Å². The number of hydrogen-bond acceptors (Lipinski definition) is 6. The summed E-state index contributed by atoms with van der Waals surface area (Å²) >= 11 is 0. The van der Waals surface area contributed by atoms with Crippen LogP contribution >= 0.6 is 0 Å². The highest BCUT2D eigenvalue weighted by atomic mass is 16.5. The molecule has 0 aromatic carbocycles. The highest BCUT2D eigenvalue weighted by Gasteiger charge is 2.41. The van der Waals surface area contributed by atoms with Crippen molar-refractivity contribution in [2.45, 2.75) is 31.2 Å². The van der Waals surface area contributed by atoms with Crippen LogP contribution in [0.2, 0.25) is 0 Å². The van der Waals surface area contributed by atoms with Crippen LogP contribution in [0.25, 0.3) is 0 Å². The van der Waals surface area contributed by atoms with Crippen LogP contribution in [-0.4, -0.2) is 57.5 Å². The molecule has 1 fully saturated rings. The van der Waals surface area contributed by atoms with E-state index >= 15 is 0 Å². The van der Waals surface area contributed by atoms with Crippen molar-refractivity contribution in [1.29, 1.82) is 0 Å². The molecule has 2 unspecified atom stereocenters. The summed E-state index contributed by atoms with van der Waals surface area (Å²) < 4.78 is 5.27. The second kappa shape index (κ2) is 4.38. The van der Waals surface area contributed by atoms with Crippen molar-refractivity contribution in [3.8, 4) is 0 Å². The van der Waals surface area contributed by atoms with Gasteiger partial charge in [0.15, 0.2) is 0 Å². The van der Waals surface area contributed by atoms with Crippen LogP contribution in [0, 0.1) is 0 Å². The molecule has 4 atom stereocenters. The van der Waals surface area contributed by atoms with Gasteiger partial charge in [0, 0.05) is 18.7 Å². The molecule has 7 nitrogen and oxygen atoms in total. The Hall–Kier alpha value is -1.15. The van der Waals surface area contributed by atoms with Crippen molar-refractivity contribution in [2.75, 3.05) is 6.61 Å². The molecule has 0 aromatic rings. The van der Waals surface area contributed by atoms with Crippen LogP contribution in [0.1, 0.15) is 6.42 Å². The van der Waals surface area contributed by atoms with Gasteiger partial charge in [-0.25, -0.2) is 0 Å². The Morgan fingerprint density at radius 2 is 2.31 bits per heavy atom. The summed E-state index contributed by atoms with van der Waals surface area (Å²) in [5.74, 6) is -0.401. The number of nitrogens with one attached hydrogen (secondary N) is 1. The molecule has 2 aliphatic heterocycles. The third-order valence-corrected chi connectivity index (χ3v) is 2.68. The summed E-state index contributed by atoms with van der Waals surface area (Å²) in [6.07, 6.45) is -0.674. The third kappa shape index (κ3) is 1.90. The number of amides is 1. The molecule has 90 valence electrons. The molecule has 16 heavy (non-hydrogen) atoms. The van der Waals surface area contributed by atoms with Crippen LogP contribution in [0.15, 0.2) is 12.3 Å². The second-order valence-electron chi connectivity index (χ2n) is 3.73. The van der Waals surface area contributed by atoms with Gasteiger partial charge in [-0.1, -0.05) is 0 Å². The lowest BCUT2D eigenvalue weighted by Crippen LogP contribution is -2.54. The maximum Gasteiger partial charge on any atom is 0.253 e. The molecular formula is C9H14N2O5. The Labute approximate surface area is 91.9 Å². The molecule has 2 aliphatic rings. The molecule has 0 spiro atoms. The average molecular weight is 230 g/mol. The fourth-order valence-corrected chi connectivity index (χ4v) is 1.84. The number of rotatable bonds is 2. The molecule has 0 bridgehead atoms. The lowest BCUT2D eigenvalue weighted by atomic mass is 10.2. The smallest absolute Gasteiger partial charge is 0.253 e. The lowest BCUT2D eigenvalue weighted by Gasteiger charge is -2.34. The Morgan fingerprint density at radius 3 is 2.88 bits per heavy atom. The van der Waals surface area contributed by atoms with Crippen LogP contribution in [-0.2, 0) is 9.53 Å². The predicted molar refractivity (Wildman–Crippen MR) is 51.5 cm³/mol. The molecule has 2 rings (SSSR count).